The van der Waals surface area contributed by atoms with Crippen molar-refractivity contribution in [3.63, 3.8) is 0 Å². The highest BCUT2D eigenvalue weighted by Gasteiger charge is 2.55. The molecule has 9 heteroatoms. The molecule has 0 amide bonds. The van der Waals surface area contributed by atoms with Gasteiger partial charge >= 0.3 is 21.3 Å². The second kappa shape index (κ2) is 7.40. The van der Waals surface area contributed by atoms with E-state index in [0.717, 1.165) is 6.42 Å². The van der Waals surface area contributed by atoms with Crippen LogP contribution >= 0.6 is 0 Å². The molecular weight excluding hydrogens is 334 g/mol. The molecule has 0 saturated heterocycles. The van der Waals surface area contributed by atoms with E-state index in [1.54, 1.807) is 0 Å². The van der Waals surface area contributed by atoms with Crippen molar-refractivity contribution >= 4 is 16.1 Å². The molecule has 1 aliphatic carbocycles. The van der Waals surface area contributed by atoms with Crippen molar-refractivity contribution in [3.05, 3.63) is 0 Å². The monoisotopic (exact) mass is 358 g/mol. The van der Waals surface area contributed by atoms with Crippen LogP contribution in [0.1, 0.15) is 58.8 Å². The molecule has 2 N–H and O–H groups in total. The Morgan fingerprint density at radius 1 is 1.26 bits per heavy atom. The number of esters is 1. The van der Waals surface area contributed by atoms with E-state index in [0.29, 0.717) is 32.1 Å². The van der Waals surface area contributed by atoms with E-state index in [1.807, 2.05) is 13.8 Å². The van der Waals surface area contributed by atoms with Gasteiger partial charge in [0.2, 0.25) is 0 Å². The lowest BCUT2D eigenvalue weighted by Gasteiger charge is -2.35. The van der Waals surface area contributed by atoms with Crippen LogP contribution in [0.4, 0.5) is 8.78 Å². The van der Waals surface area contributed by atoms with Crippen LogP contribution in [0.25, 0.3) is 0 Å². The van der Waals surface area contributed by atoms with Crippen molar-refractivity contribution in [2.24, 2.45) is 5.92 Å². The fourth-order valence-electron chi connectivity index (χ4n) is 2.94. The maximum atomic E-state index is 13.2. The molecule has 1 saturated carbocycles. The molecule has 136 valence electrons. The molecule has 6 nitrogen and oxygen atoms in total. The van der Waals surface area contributed by atoms with Gasteiger partial charge in [-0.15, -0.1) is 0 Å². The zero-order valence-corrected chi connectivity index (χ0v) is 14.1. The SMILES string of the molecule is CCC(O)(CC)CC1CCCC(OC(=O)C(F)(F)S(=O)(=O)O)C1. The molecule has 0 aromatic carbocycles. The first-order valence-corrected chi connectivity index (χ1v) is 9.17. The van der Waals surface area contributed by atoms with Gasteiger partial charge < -0.3 is 9.84 Å². The first-order valence-electron chi connectivity index (χ1n) is 7.73. The van der Waals surface area contributed by atoms with Gasteiger partial charge in [0, 0.05) is 0 Å². The minimum absolute atomic E-state index is 0.00538. The van der Waals surface area contributed by atoms with Gasteiger partial charge in [-0.2, -0.15) is 17.2 Å². The van der Waals surface area contributed by atoms with E-state index < -0.39 is 33.0 Å². The molecule has 0 aromatic rings. The van der Waals surface area contributed by atoms with E-state index in [9.17, 15) is 27.1 Å². The highest BCUT2D eigenvalue weighted by Crippen LogP contribution is 2.35. The largest absolute Gasteiger partial charge is 0.465 e. The number of halogens is 2. The zero-order chi connectivity index (χ0) is 17.9. The molecule has 1 rings (SSSR count). The van der Waals surface area contributed by atoms with Crippen molar-refractivity contribution in [3.8, 4) is 0 Å². The number of rotatable bonds is 7. The summed E-state index contributed by atoms with van der Waals surface area (Å²) in [6, 6.07) is 0. The van der Waals surface area contributed by atoms with Crippen LogP contribution in [-0.4, -0.2) is 41.0 Å². The van der Waals surface area contributed by atoms with Gasteiger partial charge in [0.25, 0.3) is 0 Å². The highest BCUT2D eigenvalue weighted by atomic mass is 32.2. The molecular formula is C14H24F2O6S. The minimum atomic E-state index is -5.85. The predicted molar refractivity (Wildman–Crippen MR) is 78.5 cm³/mol. The summed E-state index contributed by atoms with van der Waals surface area (Å²) in [5.41, 5.74) is -0.838. The number of aliphatic hydroxyl groups is 1. The molecule has 0 heterocycles. The Morgan fingerprint density at radius 3 is 2.30 bits per heavy atom. The second-order valence-corrected chi connectivity index (χ2v) is 7.65. The summed E-state index contributed by atoms with van der Waals surface area (Å²) >= 11 is 0. The van der Waals surface area contributed by atoms with Gasteiger partial charge in [0.1, 0.15) is 6.10 Å². The third-order valence-corrected chi connectivity index (χ3v) is 5.37. The molecule has 1 fully saturated rings. The van der Waals surface area contributed by atoms with E-state index in [1.165, 1.54) is 0 Å². The Balaban J connectivity index is 2.68. The lowest BCUT2D eigenvalue weighted by atomic mass is 9.78. The van der Waals surface area contributed by atoms with E-state index in [-0.39, 0.29) is 12.3 Å². The summed E-state index contributed by atoms with van der Waals surface area (Å²) < 4.78 is 60.5. The smallest absolute Gasteiger partial charge is 0.457 e. The first-order chi connectivity index (χ1) is 10.4. The normalized spacial score (nSPS) is 23.6. The van der Waals surface area contributed by atoms with Gasteiger partial charge in [0.05, 0.1) is 5.60 Å². The Kier molecular flexibility index (Phi) is 6.51. The number of hydrogen-bond donors (Lipinski definition) is 2. The van der Waals surface area contributed by atoms with Crippen LogP contribution in [0.2, 0.25) is 0 Å². The summed E-state index contributed by atoms with van der Waals surface area (Å²) in [6.07, 6.45) is 2.80. The molecule has 2 atom stereocenters. The Hall–Kier alpha value is -0.800. The van der Waals surface area contributed by atoms with Crippen molar-refractivity contribution in [1.29, 1.82) is 0 Å². The maximum Gasteiger partial charge on any atom is 0.465 e. The van der Waals surface area contributed by atoms with Crippen LogP contribution in [0.15, 0.2) is 0 Å². The second-order valence-electron chi connectivity index (χ2n) is 6.19. The number of alkyl halides is 2. The average Bonchev–Trinajstić information content (AvgIpc) is 2.46. The van der Waals surface area contributed by atoms with Crippen LogP contribution in [0.3, 0.4) is 0 Å². The standard InChI is InChI=1S/C14H24F2O6S/c1-3-13(18,4-2)9-10-6-5-7-11(8-10)22-12(17)14(15,16)23(19,20)21/h10-11,18H,3-9H2,1-2H3,(H,19,20,21). The summed E-state index contributed by atoms with van der Waals surface area (Å²) in [5, 5.41) is 5.38. The fourth-order valence-corrected chi connectivity index (χ4v) is 3.19. The molecule has 0 spiro atoms. The summed E-state index contributed by atoms with van der Waals surface area (Å²) in [7, 11) is -5.85. The van der Waals surface area contributed by atoms with Gasteiger partial charge in [0.15, 0.2) is 0 Å². The lowest BCUT2D eigenvalue weighted by Crippen LogP contribution is -2.42. The Bertz CT molecular complexity index is 515. The van der Waals surface area contributed by atoms with Crippen LogP contribution in [0.5, 0.6) is 0 Å². The average molecular weight is 358 g/mol. The molecule has 2 unspecified atom stereocenters. The fraction of sp³-hybridized carbons (Fsp3) is 0.929. The molecule has 0 aliphatic heterocycles. The quantitative estimate of drug-likeness (QED) is 0.536. The topological polar surface area (TPSA) is 101 Å². The third-order valence-electron chi connectivity index (χ3n) is 4.55. The number of hydrogen-bond acceptors (Lipinski definition) is 5. The van der Waals surface area contributed by atoms with Gasteiger partial charge in [-0.05, 0) is 44.4 Å². The number of carbonyl (C=O) groups excluding carboxylic acids is 1. The molecule has 0 radical (unpaired) electrons. The van der Waals surface area contributed by atoms with Gasteiger partial charge in [-0.25, -0.2) is 4.79 Å². The Labute approximate surface area is 135 Å². The van der Waals surface area contributed by atoms with Crippen molar-refractivity contribution < 1.29 is 36.4 Å². The lowest BCUT2D eigenvalue weighted by molar-refractivity contribution is -0.169. The summed E-state index contributed by atoms with van der Waals surface area (Å²) in [6.45, 7) is 3.72. The van der Waals surface area contributed by atoms with Gasteiger partial charge in [-0.3, -0.25) is 4.55 Å². The molecule has 0 bridgehead atoms. The molecule has 23 heavy (non-hydrogen) atoms. The van der Waals surface area contributed by atoms with Crippen LogP contribution in [0, 0.1) is 5.92 Å². The van der Waals surface area contributed by atoms with Crippen molar-refractivity contribution in [2.75, 3.05) is 0 Å². The first kappa shape index (κ1) is 20.2. The number of carbonyl (C=O) groups is 1. The minimum Gasteiger partial charge on any atom is -0.457 e. The van der Waals surface area contributed by atoms with E-state index >= 15 is 0 Å². The predicted octanol–water partition coefficient (Wildman–Crippen LogP) is 2.51. The van der Waals surface area contributed by atoms with Crippen molar-refractivity contribution in [1.82, 2.24) is 0 Å². The zero-order valence-electron chi connectivity index (χ0n) is 13.3. The number of ether oxygens (including phenoxy) is 1. The van der Waals surface area contributed by atoms with Gasteiger partial charge in [-0.1, -0.05) is 20.3 Å². The summed E-state index contributed by atoms with van der Waals surface area (Å²) in [5.74, 6) is -2.25. The van der Waals surface area contributed by atoms with Crippen LogP contribution < -0.4 is 0 Å². The van der Waals surface area contributed by atoms with Crippen molar-refractivity contribution in [2.45, 2.75) is 75.8 Å². The van der Waals surface area contributed by atoms with E-state index in [4.69, 9.17) is 4.55 Å². The summed E-state index contributed by atoms with van der Waals surface area (Å²) in [4.78, 5) is 11.3. The maximum absolute atomic E-state index is 13.2. The Morgan fingerprint density at radius 2 is 1.83 bits per heavy atom. The molecule has 0 aromatic heterocycles. The third kappa shape index (κ3) is 5.09. The highest BCUT2D eigenvalue weighted by molar-refractivity contribution is 7.87. The van der Waals surface area contributed by atoms with E-state index in [2.05, 4.69) is 4.74 Å². The van der Waals surface area contributed by atoms with Crippen LogP contribution in [-0.2, 0) is 19.6 Å². The molecule has 1 aliphatic rings.